The fourth-order valence-electron chi connectivity index (χ4n) is 0.960. The average molecular weight is 213 g/mol. The van der Waals surface area contributed by atoms with Gasteiger partial charge in [0, 0.05) is 13.0 Å². The predicted molar refractivity (Wildman–Crippen MR) is 60.8 cm³/mol. The Balaban J connectivity index is 3.64. The Morgan fingerprint density at radius 1 is 1.60 bits per heavy atom. The number of aliphatic imine (C=N–C) groups is 1. The van der Waals surface area contributed by atoms with Gasteiger partial charge >= 0.3 is 5.97 Å². The van der Waals surface area contributed by atoms with E-state index in [2.05, 4.69) is 4.99 Å². The summed E-state index contributed by atoms with van der Waals surface area (Å²) in [4.78, 5) is 14.5. The first kappa shape index (κ1) is 13.6. The van der Waals surface area contributed by atoms with Crippen LogP contribution in [0.1, 0.15) is 26.2 Å². The van der Waals surface area contributed by atoms with Crippen LogP contribution in [0.2, 0.25) is 0 Å². The van der Waals surface area contributed by atoms with Crippen molar-refractivity contribution < 1.29 is 9.90 Å². The van der Waals surface area contributed by atoms with Crippen molar-refractivity contribution >= 4 is 11.8 Å². The molecule has 0 radical (unpaired) electrons. The molecule has 0 saturated carbocycles. The van der Waals surface area contributed by atoms with Gasteiger partial charge in [-0.05, 0) is 19.8 Å². The molecule has 0 amide bonds. The lowest BCUT2D eigenvalue weighted by molar-refractivity contribution is -0.138. The lowest BCUT2D eigenvalue weighted by Gasteiger charge is -2.03. The zero-order chi connectivity index (χ0) is 11.7. The van der Waals surface area contributed by atoms with E-state index >= 15 is 0 Å². The van der Waals surface area contributed by atoms with Crippen LogP contribution >= 0.6 is 0 Å². The normalized spacial score (nSPS) is 14.4. The maximum Gasteiger partial charge on any atom is 0.320 e. The molecule has 0 heterocycles. The number of allylic oxidation sites excluding steroid dienone is 1. The highest BCUT2D eigenvalue weighted by Crippen LogP contribution is 1.95. The van der Waals surface area contributed by atoms with Crippen LogP contribution in [-0.4, -0.2) is 29.5 Å². The van der Waals surface area contributed by atoms with Gasteiger partial charge in [0.15, 0.2) is 0 Å². The Hall–Kier alpha value is -1.36. The number of carboxylic acids is 1. The molecule has 0 aliphatic carbocycles. The molecule has 0 aromatic rings. The molecule has 0 spiro atoms. The molecule has 0 fully saturated rings. The van der Waals surface area contributed by atoms with E-state index in [9.17, 15) is 4.79 Å². The SMILES string of the molecule is CC=CCC(N)=NCCCC(N)C(=O)O. The molecule has 5 nitrogen and oxygen atoms in total. The van der Waals surface area contributed by atoms with E-state index in [1.165, 1.54) is 0 Å². The largest absolute Gasteiger partial charge is 0.480 e. The van der Waals surface area contributed by atoms with E-state index in [0.717, 1.165) is 0 Å². The second kappa shape index (κ2) is 7.99. The van der Waals surface area contributed by atoms with Crippen molar-refractivity contribution in [3.8, 4) is 0 Å². The summed E-state index contributed by atoms with van der Waals surface area (Å²) in [6, 6.07) is -0.794. The first-order chi connectivity index (χ1) is 7.07. The standard InChI is InChI=1S/C10H19N3O2/c1-2-3-6-9(12)13-7-4-5-8(11)10(14)15/h2-3,8H,4-7,11H2,1H3,(H2,12,13)(H,14,15). The minimum Gasteiger partial charge on any atom is -0.480 e. The summed E-state index contributed by atoms with van der Waals surface area (Å²) in [5.74, 6) is -0.405. The number of rotatable bonds is 7. The number of nitrogens with zero attached hydrogens (tertiary/aromatic N) is 1. The molecule has 0 aromatic heterocycles. The van der Waals surface area contributed by atoms with E-state index < -0.39 is 12.0 Å². The van der Waals surface area contributed by atoms with Gasteiger partial charge in [-0.1, -0.05) is 12.2 Å². The van der Waals surface area contributed by atoms with Crippen molar-refractivity contribution in [2.75, 3.05) is 6.54 Å². The molecule has 86 valence electrons. The second-order valence-electron chi connectivity index (χ2n) is 3.23. The molecule has 0 aliphatic rings. The quantitative estimate of drug-likeness (QED) is 0.248. The number of nitrogens with two attached hydrogens (primary N) is 2. The van der Waals surface area contributed by atoms with E-state index in [1.54, 1.807) is 0 Å². The van der Waals surface area contributed by atoms with Gasteiger partial charge < -0.3 is 16.6 Å². The lowest BCUT2D eigenvalue weighted by atomic mass is 10.2. The Bertz CT molecular complexity index is 249. The summed E-state index contributed by atoms with van der Waals surface area (Å²) in [5.41, 5.74) is 10.9. The van der Waals surface area contributed by atoms with Crippen LogP contribution in [0.25, 0.3) is 0 Å². The van der Waals surface area contributed by atoms with Crippen LogP contribution < -0.4 is 11.5 Å². The maximum absolute atomic E-state index is 10.4. The van der Waals surface area contributed by atoms with Gasteiger partial charge in [-0.2, -0.15) is 0 Å². The first-order valence-electron chi connectivity index (χ1n) is 4.96. The van der Waals surface area contributed by atoms with Gasteiger partial charge in [0.05, 0.1) is 5.84 Å². The molecule has 15 heavy (non-hydrogen) atoms. The Kier molecular flexibility index (Phi) is 7.27. The third-order valence-corrected chi connectivity index (χ3v) is 1.87. The number of hydrogen-bond donors (Lipinski definition) is 3. The van der Waals surface area contributed by atoms with E-state index in [0.29, 0.717) is 31.6 Å². The Labute approximate surface area is 89.9 Å². The highest BCUT2D eigenvalue weighted by atomic mass is 16.4. The summed E-state index contributed by atoms with van der Waals surface area (Å²) in [7, 11) is 0. The zero-order valence-electron chi connectivity index (χ0n) is 9.02. The van der Waals surface area contributed by atoms with Crippen LogP contribution in [0.5, 0.6) is 0 Å². The van der Waals surface area contributed by atoms with Crippen LogP contribution in [-0.2, 0) is 4.79 Å². The number of carboxylic acid groups (broad SMARTS) is 1. The van der Waals surface area contributed by atoms with Crippen molar-refractivity contribution in [1.29, 1.82) is 0 Å². The highest BCUT2D eigenvalue weighted by Gasteiger charge is 2.09. The fourth-order valence-corrected chi connectivity index (χ4v) is 0.960. The third-order valence-electron chi connectivity index (χ3n) is 1.87. The number of aliphatic carboxylic acids is 1. The molecule has 0 bridgehead atoms. The van der Waals surface area contributed by atoms with Crippen LogP contribution in [0.15, 0.2) is 17.1 Å². The lowest BCUT2D eigenvalue weighted by Crippen LogP contribution is -2.30. The first-order valence-corrected chi connectivity index (χ1v) is 4.96. The Morgan fingerprint density at radius 3 is 2.80 bits per heavy atom. The van der Waals surface area contributed by atoms with Gasteiger partial charge in [0.2, 0.25) is 0 Å². The fraction of sp³-hybridized carbons (Fsp3) is 0.600. The molecule has 1 atom stereocenters. The van der Waals surface area contributed by atoms with Crippen LogP contribution in [0.4, 0.5) is 0 Å². The molecule has 0 aromatic carbocycles. The number of carbonyl (C=O) groups is 1. The zero-order valence-corrected chi connectivity index (χ0v) is 9.02. The van der Waals surface area contributed by atoms with Gasteiger partial charge in [-0.15, -0.1) is 0 Å². The van der Waals surface area contributed by atoms with Gasteiger partial charge in [-0.25, -0.2) is 0 Å². The van der Waals surface area contributed by atoms with E-state index in [-0.39, 0.29) is 0 Å². The molecule has 1 unspecified atom stereocenters. The predicted octanol–water partition coefficient (Wildman–Crippen LogP) is 0.502. The topological polar surface area (TPSA) is 102 Å². The third kappa shape index (κ3) is 7.69. The smallest absolute Gasteiger partial charge is 0.320 e. The summed E-state index contributed by atoms with van der Waals surface area (Å²) in [6.07, 6.45) is 5.53. The summed E-state index contributed by atoms with van der Waals surface area (Å²) in [6.45, 7) is 2.45. The number of amidine groups is 1. The van der Waals surface area contributed by atoms with E-state index in [4.69, 9.17) is 16.6 Å². The van der Waals surface area contributed by atoms with Crippen molar-refractivity contribution in [1.82, 2.24) is 0 Å². The highest BCUT2D eigenvalue weighted by molar-refractivity contribution is 5.81. The molecular formula is C10H19N3O2. The summed E-state index contributed by atoms with van der Waals surface area (Å²) in [5, 5.41) is 8.51. The molecule has 5 N–H and O–H groups in total. The van der Waals surface area contributed by atoms with Crippen LogP contribution in [0, 0.1) is 0 Å². The minimum absolute atomic E-state index is 0.426. The monoisotopic (exact) mass is 213 g/mol. The summed E-state index contributed by atoms with van der Waals surface area (Å²) < 4.78 is 0. The molecular weight excluding hydrogens is 194 g/mol. The molecule has 0 saturated heterocycles. The van der Waals surface area contributed by atoms with Gasteiger partial charge in [0.25, 0.3) is 0 Å². The van der Waals surface area contributed by atoms with Crippen LogP contribution in [0.3, 0.4) is 0 Å². The second-order valence-corrected chi connectivity index (χ2v) is 3.23. The maximum atomic E-state index is 10.4. The Morgan fingerprint density at radius 2 is 2.27 bits per heavy atom. The van der Waals surface area contributed by atoms with E-state index in [1.807, 2.05) is 19.1 Å². The van der Waals surface area contributed by atoms with Crippen molar-refractivity contribution in [2.24, 2.45) is 16.5 Å². The average Bonchev–Trinajstić information content (AvgIpc) is 2.20. The van der Waals surface area contributed by atoms with Crippen molar-refractivity contribution in [3.05, 3.63) is 12.2 Å². The molecule has 5 heteroatoms. The van der Waals surface area contributed by atoms with Gasteiger partial charge in [-0.3, -0.25) is 9.79 Å². The molecule has 0 rings (SSSR count). The van der Waals surface area contributed by atoms with Crippen molar-refractivity contribution in [3.63, 3.8) is 0 Å². The van der Waals surface area contributed by atoms with Crippen molar-refractivity contribution in [2.45, 2.75) is 32.2 Å². The number of hydrogen-bond acceptors (Lipinski definition) is 3. The molecule has 0 aliphatic heterocycles. The summed E-state index contributed by atoms with van der Waals surface area (Å²) >= 11 is 0. The van der Waals surface area contributed by atoms with Gasteiger partial charge in [0.1, 0.15) is 6.04 Å². The minimum atomic E-state index is -0.971.